The molecule has 0 aromatic heterocycles. The van der Waals surface area contributed by atoms with Crippen molar-refractivity contribution in [2.45, 2.75) is 46.0 Å². The van der Waals surface area contributed by atoms with E-state index >= 15 is 0 Å². The summed E-state index contributed by atoms with van der Waals surface area (Å²) in [4.78, 5) is 2.49. The summed E-state index contributed by atoms with van der Waals surface area (Å²) in [6, 6.07) is 0. The van der Waals surface area contributed by atoms with Gasteiger partial charge in [0.1, 0.15) is 0 Å². The van der Waals surface area contributed by atoms with E-state index < -0.39 is 0 Å². The molecule has 12 heavy (non-hydrogen) atoms. The van der Waals surface area contributed by atoms with Crippen molar-refractivity contribution >= 4 is 0 Å². The second-order valence-corrected chi connectivity index (χ2v) is 3.59. The maximum atomic E-state index is 2.49. The Balaban J connectivity index is 2.39. The predicted molar refractivity (Wildman–Crippen MR) is 54.1 cm³/mol. The molecule has 0 bridgehead atoms. The van der Waals surface area contributed by atoms with Crippen molar-refractivity contribution in [3.8, 4) is 0 Å². The second-order valence-electron chi connectivity index (χ2n) is 3.59. The minimum atomic E-state index is 1.22. The highest BCUT2D eigenvalue weighted by atomic mass is 15.1. The van der Waals surface area contributed by atoms with Crippen molar-refractivity contribution < 1.29 is 0 Å². The number of piperidine rings is 1. The molecule has 0 spiro atoms. The van der Waals surface area contributed by atoms with Crippen LogP contribution in [0.1, 0.15) is 46.0 Å². The van der Waals surface area contributed by atoms with Crippen LogP contribution in [0, 0.1) is 0 Å². The Hall–Kier alpha value is -0.460. The first-order valence-electron chi connectivity index (χ1n) is 5.30. The normalized spacial score (nSPS) is 17.7. The average Bonchev–Trinajstić information content (AvgIpc) is 2.16. The number of rotatable bonds is 3. The molecule has 0 amide bonds. The van der Waals surface area contributed by atoms with Crippen molar-refractivity contribution in [3.63, 3.8) is 0 Å². The van der Waals surface area contributed by atoms with Crippen LogP contribution in [0.3, 0.4) is 0 Å². The summed E-state index contributed by atoms with van der Waals surface area (Å²) in [5.74, 6) is 0. The molecule has 1 heteroatoms. The Kier molecular flexibility index (Phi) is 4.20. The standard InChI is InChI=1S/C11H21N/c1-3-11(4-2)10-12-8-6-5-7-9-12/h10H,3-9H2,1-2H3. The van der Waals surface area contributed by atoms with Gasteiger partial charge in [0.15, 0.2) is 0 Å². The first-order valence-corrected chi connectivity index (χ1v) is 5.30. The zero-order valence-electron chi connectivity index (χ0n) is 8.47. The van der Waals surface area contributed by atoms with Crippen LogP contribution in [0.4, 0.5) is 0 Å². The summed E-state index contributed by atoms with van der Waals surface area (Å²) in [7, 11) is 0. The number of hydrogen-bond donors (Lipinski definition) is 0. The Morgan fingerprint density at radius 1 is 1.08 bits per heavy atom. The Morgan fingerprint density at radius 3 is 2.17 bits per heavy atom. The van der Waals surface area contributed by atoms with E-state index in [2.05, 4.69) is 24.9 Å². The molecule has 1 saturated heterocycles. The van der Waals surface area contributed by atoms with E-state index in [4.69, 9.17) is 0 Å². The van der Waals surface area contributed by atoms with Gasteiger partial charge in [-0.15, -0.1) is 0 Å². The fourth-order valence-corrected chi connectivity index (χ4v) is 1.74. The topological polar surface area (TPSA) is 3.24 Å². The molecular weight excluding hydrogens is 146 g/mol. The van der Waals surface area contributed by atoms with E-state index in [1.165, 1.54) is 45.2 Å². The lowest BCUT2D eigenvalue weighted by molar-refractivity contribution is 0.306. The van der Waals surface area contributed by atoms with E-state index in [-0.39, 0.29) is 0 Å². The zero-order valence-corrected chi connectivity index (χ0v) is 8.47. The van der Waals surface area contributed by atoms with Gasteiger partial charge in [0.25, 0.3) is 0 Å². The van der Waals surface area contributed by atoms with Gasteiger partial charge in [0.2, 0.25) is 0 Å². The van der Waals surface area contributed by atoms with Gasteiger partial charge >= 0.3 is 0 Å². The van der Waals surface area contributed by atoms with Crippen LogP contribution in [0.5, 0.6) is 0 Å². The third-order valence-electron chi connectivity index (χ3n) is 2.66. The molecule has 0 N–H and O–H groups in total. The van der Waals surface area contributed by atoms with Gasteiger partial charge in [-0.3, -0.25) is 0 Å². The Morgan fingerprint density at radius 2 is 1.67 bits per heavy atom. The highest BCUT2D eigenvalue weighted by Gasteiger charge is 2.06. The van der Waals surface area contributed by atoms with E-state index in [0.717, 1.165) is 0 Å². The maximum Gasteiger partial charge on any atom is 0.0172 e. The van der Waals surface area contributed by atoms with Crippen LogP contribution in [0.25, 0.3) is 0 Å². The molecule has 70 valence electrons. The van der Waals surface area contributed by atoms with Crippen LogP contribution in [0.15, 0.2) is 11.8 Å². The minimum absolute atomic E-state index is 1.22. The van der Waals surface area contributed by atoms with Crippen molar-refractivity contribution in [1.29, 1.82) is 0 Å². The van der Waals surface area contributed by atoms with Gasteiger partial charge in [0.05, 0.1) is 0 Å². The monoisotopic (exact) mass is 167 g/mol. The van der Waals surface area contributed by atoms with Crippen molar-refractivity contribution in [3.05, 3.63) is 11.8 Å². The summed E-state index contributed by atoms with van der Waals surface area (Å²) in [6.07, 6.45) is 9.02. The molecule has 1 nitrogen and oxygen atoms in total. The van der Waals surface area contributed by atoms with Crippen LogP contribution >= 0.6 is 0 Å². The van der Waals surface area contributed by atoms with Crippen LogP contribution < -0.4 is 0 Å². The average molecular weight is 167 g/mol. The lowest BCUT2D eigenvalue weighted by Gasteiger charge is -2.26. The van der Waals surface area contributed by atoms with Crippen LogP contribution in [0.2, 0.25) is 0 Å². The minimum Gasteiger partial charge on any atom is -0.377 e. The molecule has 0 atom stereocenters. The van der Waals surface area contributed by atoms with Crippen LogP contribution in [-0.4, -0.2) is 18.0 Å². The number of hydrogen-bond acceptors (Lipinski definition) is 1. The van der Waals surface area contributed by atoms with Crippen LogP contribution in [-0.2, 0) is 0 Å². The molecule has 1 aliphatic rings. The Labute approximate surface area is 76.5 Å². The fourth-order valence-electron chi connectivity index (χ4n) is 1.74. The lowest BCUT2D eigenvalue weighted by atomic mass is 10.1. The summed E-state index contributed by atoms with van der Waals surface area (Å²) >= 11 is 0. The molecule has 1 aliphatic heterocycles. The third-order valence-corrected chi connectivity index (χ3v) is 2.66. The van der Waals surface area contributed by atoms with E-state index in [1.807, 2.05) is 0 Å². The van der Waals surface area contributed by atoms with Crippen molar-refractivity contribution in [1.82, 2.24) is 4.90 Å². The molecule has 0 aromatic rings. The summed E-state index contributed by atoms with van der Waals surface area (Å²) < 4.78 is 0. The van der Waals surface area contributed by atoms with Gasteiger partial charge in [-0.25, -0.2) is 0 Å². The van der Waals surface area contributed by atoms with Gasteiger partial charge < -0.3 is 4.90 Å². The fraction of sp³-hybridized carbons (Fsp3) is 0.818. The lowest BCUT2D eigenvalue weighted by Crippen LogP contribution is -2.24. The van der Waals surface area contributed by atoms with Crippen molar-refractivity contribution in [2.24, 2.45) is 0 Å². The quantitative estimate of drug-likeness (QED) is 0.624. The summed E-state index contributed by atoms with van der Waals surface area (Å²) in [6.45, 7) is 7.06. The number of likely N-dealkylation sites (tertiary alicyclic amines) is 1. The summed E-state index contributed by atoms with van der Waals surface area (Å²) in [5.41, 5.74) is 1.59. The molecule has 0 saturated carbocycles. The van der Waals surface area contributed by atoms with Crippen molar-refractivity contribution in [2.75, 3.05) is 13.1 Å². The van der Waals surface area contributed by atoms with Gasteiger partial charge in [-0.05, 0) is 38.3 Å². The molecule has 1 fully saturated rings. The zero-order chi connectivity index (χ0) is 8.81. The smallest absolute Gasteiger partial charge is 0.0172 e. The largest absolute Gasteiger partial charge is 0.377 e. The van der Waals surface area contributed by atoms with Gasteiger partial charge in [0, 0.05) is 13.1 Å². The number of nitrogens with zero attached hydrogens (tertiary/aromatic N) is 1. The Bertz CT molecular complexity index is 137. The SMILES string of the molecule is CCC(=CN1CCCCC1)CC. The highest BCUT2D eigenvalue weighted by molar-refractivity contribution is 5.00. The molecular formula is C11H21N. The first kappa shape index (κ1) is 9.63. The van der Waals surface area contributed by atoms with Gasteiger partial charge in [-0.1, -0.05) is 19.4 Å². The predicted octanol–water partition coefficient (Wildman–Crippen LogP) is 3.18. The van der Waals surface area contributed by atoms with E-state index in [1.54, 1.807) is 5.57 Å². The number of allylic oxidation sites excluding steroid dienone is 1. The molecule has 0 radical (unpaired) electrons. The van der Waals surface area contributed by atoms with Gasteiger partial charge in [-0.2, -0.15) is 0 Å². The second kappa shape index (κ2) is 5.23. The highest BCUT2D eigenvalue weighted by Crippen LogP contribution is 2.13. The molecule has 0 aromatic carbocycles. The summed E-state index contributed by atoms with van der Waals surface area (Å²) in [5, 5.41) is 0. The molecule has 1 rings (SSSR count). The molecule has 1 heterocycles. The van der Waals surface area contributed by atoms with E-state index in [0.29, 0.717) is 0 Å². The van der Waals surface area contributed by atoms with E-state index in [9.17, 15) is 0 Å². The molecule has 0 unspecified atom stereocenters. The first-order chi connectivity index (χ1) is 5.86. The third kappa shape index (κ3) is 2.88. The maximum absolute atomic E-state index is 2.49. The molecule has 0 aliphatic carbocycles.